The summed E-state index contributed by atoms with van der Waals surface area (Å²) in [6.45, 7) is 5.85. The molecule has 1 atom stereocenters. The van der Waals surface area contributed by atoms with Crippen molar-refractivity contribution in [3.63, 3.8) is 0 Å². The van der Waals surface area contributed by atoms with Gasteiger partial charge in [0.2, 0.25) is 0 Å². The van der Waals surface area contributed by atoms with Gasteiger partial charge in [0, 0.05) is 11.4 Å². The maximum Gasteiger partial charge on any atom is 0.349 e. The molecule has 0 fully saturated rings. The summed E-state index contributed by atoms with van der Waals surface area (Å²) in [5, 5.41) is 3.58. The molecule has 0 radical (unpaired) electrons. The monoisotopic (exact) mass is 273 g/mol. The standard InChI is InChI=1S/C16H19NO3/c1-4-6-11(3)17-15(18)13-9-12-8-5-7-10(2)14(12)20-16(13)19/h5,7-9,11H,4,6H2,1-3H3,(H,17,18)/t11-/m1/s1. The summed E-state index contributed by atoms with van der Waals surface area (Å²) in [5.41, 5.74) is 0.889. The first-order chi connectivity index (χ1) is 9.52. The van der Waals surface area contributed by atoms with Crippen LogP contribution in [0.25, 0.3) is 11.0 Å². The van der Waals surface area contributed by atoms with Crippen LogP contribution in [0.15, 0.2) is 33.5 Å². The molecule has 4 heteroatoms. The number of benzene rings is 1. The highest BCUT2D eigenvalue weighted by Crippen LogP contribution is 2.17. The molecule has 4 nitrogen and oxygen atoms in total. The molecule has 0 aliphatic heterocycles. The van der Waals surface area contributed by atoms with Crippen molar-refractivity contribution in [1.82, 2.24) is 5.32 Å². The van der Waals surface area contributed by atoms with Crippen molar-refractivity contribution in [1.29, 1.82) is 0 Å². The van der Waals surface area contributed by atoms with Crippen molar-refractivity contribution in [3.8, 4) is 0 Å². The zero-order valence-electron chi connectivity index (χ0n) is 12.0. The van der Waals surface area contributed by atoms with Crippen molar-refractivity contribution in [2.75, 3.05) is 0 Å². The molecule has 0 bridgehead atoms. The molecule has 20 heavy (non-hydrogen) atoms. The van der Waals surface area contributed by atoms with E-state index >= 15 is 0 Å². The Balaban J connectivity index is 2.38. The normalized spacial score (nSPS) is 12.3. The van der Waals surface area contributed by atoms with E-state index in [2.05, 4.69) is 12.2 Å². The maximum atomic E-state index is 12.1. The zero-order valence-corrected chi connectivity index (χ0v) is 12.0. The lowest BCUT2D eigenvalue weighted by Crippen LogP contribution is -2.35. The van der Waals surface area contributed by atoms with E-state index in [0.717, 1.165) is 23.8 Å². The number of aryl methyl sites for hydroxylation is 1. The minimum atomic E-state index is -0.590. The van der Waals surface area contributed by atoms with Crippen LogP contribution in [0.1, 0.15) is 42.6 Å². The summed E-state index contributed by atoms with van der Waals surface area (Å²) >= 11 is 0. The van der Waals surface area contributed by atoms with Gasteiger partial charge in [-0.2, -0.15) is 0 Å². The predicted octanol–water partition coefficient (Wildman–Crippen LogP) is 3.02. The Morgan fingerprint density at radius 1 is 1.40 bits per heavy atom. The lowest BCUT2D eigenvalue weighted by Gasteiger charge is -2.12. The first-order valence-corrected chi connectivity index (χ1v) is 6.87. The van der Waals surface area contributed by atoms with Gasteiger partial charge in [-0.25, -0.2) is 4.79 Å². The highest BCUT2D eigenvalue weighted by molar-refractivity contribution is 5.97. The Labute approximate surface area is 117 Å². The van der Waals surface area contributed by atoms with Crippen molar-refractivity contribution in [2.45, 2.75) is 39.7 Å². The molecular weight excluding hydrogens is 254 g/mol. The predicted molar refractivity (Wildman–Crippen MR) is 79.1 cm³/mol. The number of para-hydroxylation sites is 1. The van der Waals surface area contributed by atoms with Gasteiger partial charge in [-0.05, 0) is 31.9 Å². The van der Waals surface area contributed by atoms with E-state index in [4.69, 9.17) is 4.42 Å². The molecule has 2 rings (SSSR count). The average molecular weight is 273 g/mol. The fraction of sp³-hybridized carbons (Fsp3) is 0.375. The molecule has 1 heterocycles. The fourth-order valence-corrected chi connectivity index (χ4v) is 2.26. The molecular formula is C16H19NO3. The summed E-state index contributed by atoms with van der Waals surface area (Å²) in [6.07, 6.45) is 1.86. The molecule has 1 N–H and O–H groups in total. The summed E-state index contributed by atoms with van der Waals surface area (Å²) in [4.78, 5) is 24.0. The molecule has 0 aliphatic carbocycles. The number of carbonyl (C=O) groups excluding carboxylic acids is 1. The van der Waals surface area contributed by atoms with Crippen LogP contribution in [0.2, 0.25) is 0 Å². The number of amides is 1. The van der Waals surface area contributed by atoms with Gasteiger partial charge in [-0.3, -0.25) is 4.79 Å². The quantitative estimate of drug-likeness (QED) is 0.871. The number of fused-ring (bicyclic) bond motifs is 1. The molecule has 0 saturated heterocycles. The Morgan fingerprint density at radius 2 is 2.15 bits per heavy atom. The van der Waals surface area contributed by atoms with Crippen LogP contribution in [0.3, 0.4) is 0 Å². The zero-order chi connectivity index (χ0) is 14.7. The Morgan fingerprint density at radius 3 is 2.85 bits per heavy atom. The second-order valence-corrected chi connectivity index (χ2v) is 5.10. The van der Waals surface area contributed by atoms with Crippen LogP contribution >= 0.6 is 0 Å². The van der Waals surface area contributed by atoms with Gasteiger partial charge >= 0.3 is 5.63 Å². The lowest BCUT2D eigenvalue weighted by atomic mass is 10.1. The van der Waals surface area contributed by atoms with E-state index in [1.807, 2.05) is 32.0 Å². The number of hydrogen-bond acceptors (Lipinski definition) is 3. The van der Waals surface area contributed by atoms with E-state index in [1.165, 1.54) is 0 Å². The third kappa shape index (κ3) is 2.90. The van der Waals surface area contributed by atoms with Crippen LogP contribution in [-0.2, 0) is 0 Å². The third-order valence-corrected chi connectivity index (χ3v) is 3.30. The first kappa shape index (κ1) is 14.3. The molecule has 2 aromatic rings. The summed E-state index contributed by atoms with van der Waals surface area (Å²) in [7, 11) is 0. The van der Waals surface area contributed by atoms with E-state index in [-0.39, 0.29) is 17.5 Å². The van der Waals surface area contributed by atoms with Crippen molar-refractivity contribution in [3.05, 3.63) is 45.8 Å². The molecule has 106 valence electrons. The van der Waals surface area contributed by atoms with E-state index in [0.29, 0.717) is 5.58 Å². The van der Waals surface area contributed by atoms with E-state index in [9.17, 15) is 9.59 Å². The minimum absolute atomic E-state index is 0.0418. The van der Waals surface area contributed by atoms with Crippen LogP contribution in [0.5, 0.6) is 0 Å². The molecule has 1 aromatic heterocycles. The van der Waals surface area contributed by atoms with Gasteiger partial charge in [-0.1, -0.05) is 31.5 Å². The number of nitrogens with one attached hydrogen (secondary N) is 1. The van der Waals surface area contributed by atoms with Crippen molar-refractivity contribution in [2.24, 2.45) is 0 Å². The topological polar surface area (TPSA) is 59.3 Å². The van der Waals surface area contributed by atoms with Crippen LogP contribution in [0.4, 0.5) is 0 Å². The molecule has 0 unspecified atom stereocenters. The summed E-state index contributed by atoms with van der Waals surface area (Å²) in [5.74, 6) is -0.372. The fourth-order valence-electron chi connectivity index (χ4n) is 2.26. The third-order valence-electron chi connectivity index (χ3n) is 3.30. The average Bonchev–Trinajstić information content (AvgIpc) is 2.39. The summed E-state index contributed by atoms with van der Waals surface area (Å²) in [6, 6.07) is 7.22. The second-order valence-electron chi connectivity index (χ2n) is 5.10. The Hall–Kier alpha value is -2.10. The molecule has 1 amide bonds. The SMILES string of the molecule is CCC[C@@H](C)NC(=O)c1cc2cccc(C)c2oc1=O. The second kappa shape index (κ2) is 5.90. The van der Waals surface area contributed by atoms with E-state index < -0.39 is 5.63 Å². The first-order valence-electron chi connectivity index (χ1n) is 6.87. The largest absolute Gasteiger partial charge is 0.422 e. The minimum Gasteiger partial charge on any atom is -0.422 e. The van der Waals surface area contributed by atoms with Gasteiger partial charge in [0.05, 0.1) is 0 Å². The van der Waals surface area contributed by atoms with Gasteiger partial charge in [0.25, 0.3) is 5.91 Å². The smallest absolute Gasteiger partial charge is 0.349 e. The van der Waals surface area contributed by atoms with Gasteiger partial charge < -0.3 is 9.73 Å². The van der Waals surface area contributed by atoms with Crippen LogP contribution in [0, 0.1) is 6.92 Å². The number of carbonyl (C=O) groups is 1. The van der Waals surface area contributed by atoms with Gasteiger partial charge in [-0.15, -0.1) is 0 Å². The lowest BCUT2D eigenvalue weighted by molar-refractivity contribution is 0.0935. The van der Waals surface area contributed by atoms with Crippen LogP contribution in [-0.4, -0.2) is 11.9 Å². The van der Waals surface area contributed by atoms with Crippen molar-refractivity contribution >= 4 is 16.9 Å². The Kier molecular flexibility index (Phi) is 4.23. The highest BCUT2D eigenvalue weighted by Gasteiger charge is 2.15. The molecule has 0 aliphatic rings. The maximum absolute atomic E-state index is 12.1. The van der Waals surface area contributed by atoms with E-state index in [1.54, 1.807) is 6.07 Å². The molecule has 0 spiro atoms. The number of rotatable bonds is 4. The summed E-state index contributed by atoms with van der Waals surface area (Å²) < 4.78 is 5.27. The number of hydrogen-bond donors (Lipinski definition) is 1. The van der Waals surface area contributed by atoms with Gasteiger partial charge in [0.1, 0.15) is 11.1 Å². The molecule has 1 aromatic carbocycles. The van der Waals surface area contributed by atoms with Gasteiger partial charge in [0.15, 0.2) is 0 Å². The van der Waals surface area contributed by atoms with Crippen LogP contribution < -0.4 is 10.9 Å². The Bertz CT molecular complexity index is 688. The van der Waals surface area contributed by atoms with Crippen molar-refractivity contribution < 1.29 is 9.21 Å². The highest BCUT2D eigenvalue weighted by atomic mass is 16.4. The molecule has 0 saturated carbocycles.